The third-order valence-electron chi connectivity index (χ3n) is 2.43. The van der Waals surface area contributed by atoms with Crippen LogP contribution in [-0.4, -0.2) is 18.7 Å². The Morgan fingerprint density at radius 3 is 2.69 bits per heavy atom. The number of benzene rings is 1. The van der Waals surface area contributed by atoms with E-state index in [1.165, 1.54) is 0 Å². The molecule has 1 aliphatic rings. The number of hydrogen-bond donors (Lipinski definition) is 0. The molecular weight excluding hydrogens is 204 g/mol. The van der Waals surface area contributed by atoms with Crippen molar-refractivity contribution in [2.45, 2.75) is 32.0 Å². The van der Waals surface area contributed by atoms with Gasteiger partial charge in [-0.1, -0.05) is 30.3 Å². The third kappa shape index (κ3) is 4.03. The first-order chi connectivity index (χ1) is 7.84. The average Bonchev–Trinajstić information content (AvgIpc) is 3.12. The maximum atomic E-state index is 11.3. The summed E-state index contributed by atoms with van der Waals surface area (Å²) in [7, 11) is 0. The highest BCUT2D eigenvalue weighted by Gasteiger charge is 2.22. The fourth-order valence-corrected chi connectivity index (χ4v) is 1.35. The summed E-state index contributed by atoms with van der Waals surface area (Å²) in [5, 5.41) is 0. The van der Waals surface area contributed by atoms with Crippen LogP contribution in [0.3, 0.4) is 0 Å². The minimum Gasteiger partial charge on any atom is -0.461 e. The highest BCUT2D eigenvalue weighted by molar-refractivity contribution is 5.69. The Labute approximate surface area is 95.4 Å². The molecule has 1 fully saturated rings. The molecule has 0 spiro atoms. The van der Waals surface area contributed by atoms with Gasteiger partial charge < -0.3 is 9.47 Å². The van der Waals surface area contributed by atoms with Gasteiger partial charge in [0.15, 0.2) is 0 Å². The van der Waals surface area contributed by atoms with Crippen LogP contribution in [-0.2, 0) is 20.9 Å². The van der Waals surface area contributed by atoms with Gasteiger partial charge in [-0.05, 0) is 18.4 Å². The molecule has 0 amide bonds. The molecule has 0 aliphatic heterocycles. The molecule has 0 unspecified atom stereocenters. The zero-order valence-electron chi connectivity index (χ0n) is 9.22. The van der Waals surface area contributed by atoms with E-state index in [0.717, 1.165) is 18.4 Å². The molecule has 0 radical (unpaired) electrons. The second kappa shape index (κ2) is 5.66. The second-order valence-corrected chi connectivity index (χ2v) is 3.97. The Bertz CT molecular complexity index is 330. The lowest BCUT2D eigenvalue weighted by molar-refractivity contribution is -0.146. The van der Waals surface area contributed by atoms with Gasteiger partial charge in [0.2, 0.25) is 0 Å². The standard InChI is InChI=1S/C13H16O3/c14-13(8-9-15-12-6-7-12)16-10-11-4-2-1-3-5-11/h1-5,12H,6-10H2. The van der Waals surface area contributed by atoms with Crippen LogP contribution >= 0.6 is 0 Å². The highest BCUT2D eigenvalue weighted by atomic mass is 16.5. The Hall–Kier alpha value is -1.35. The minimum absolute atomic E-state index is 0.190. The summed E-state index contributed by atoms with van der Waals surface area (Å²) in [4.78, 5) is 11.3. The van der Waals surface area contributed by atoms with Gasteiger partial charge in [0.05, 0.1) is 19.1 Å². The quantitative estimate of drug-likeness (QED) is 0.690. The lowest BCUT2D eigenvalue weighted by Crippen LogP contribution is -2.09. The average molecular weight is 220 g/mol. The van der Waals surface area contributed by atoms with E-state index < -0.39 is 0 Å². The van der Waals surface area contributed by atoms with Crippen LogP contribution in [0.15, 0.2) is 30.3 Å². The molecule has 3 heteroatoms. The number of esters is 1. The summed E-state index contributed by atoms with van der Waals surface area (Å²) < 4.78 is 10.5. The van der Waals surface area contributed by atoms with Gasteiger partial charge in [0.25, 0.3) is 0 Å². The molecule has 86 valence electrons. The Morgan fingerprint density at radius 2 is 2.00 bits per heavy atom. The molecule has 0 N–H and O–H groups in total. The molecule has 0 heterocycles. The van der Waals surface area contributed by atoms with Gasteiger partial charge in [0.1, 0.15) is 6.61 Å². The van der Waals surface area contributed by atoms with Gasteiger partial charge in [0, 0.05) is 0 Å². The SMILES string of the molecule is O=C(CCOC1CC1)OCc1ccccc1. The zero-order valence-corrected chi connectivity index (χ0v) is 9.22. The summed E-state index contributed by atoms with van der Waals surface area (Å²) in [6.45, 7) is 0.835. The van der Waals surface area contributed by atoms with E-state index in [4.69, 9.17) is 9.47 Å². The molecule has 1 aromatic carbocycles. The van der Waals surface area contributed by atoms with Crippen LogP contribution in [0.4, 0.5) is 0 Å². The molecule has 3 nitrogen and oxygen atoms in total. The number of hydrogen-bond acceptors (Lipinski definition) is 3. The largest absolute Gasteiger partial charge is 0.461 e. The molecular formula is C13H16O3. The molecule has 2 rings (SSSR count). The van der Waals surface area contributed by atoms with E-state index in [-0.39, 0.29) is 5.97 Å². The Balaban J connectivity index is 1.59. The van der Waals surface area contributed by atoms with Crippen molar-refractivity contribution in [3.63, 3.8) is 0 Å². The first-order valence-corrected chi connectivity index (χ1v) is 5.66. The fraction of sp³-hybridized carbons (Fsp3) is 0.462. The summed E-state index contributed by atoms with van der Waals surface area (Å²) in [5.74, 6) is -0.190. The Kier molecular flexibility index (Phi) is 3.94. The molecule has 1 saturated carbocycles. The van der Waals surface area contributed by atoms with Gasteiger partial charge in [-0.15, -0.1) is 0 Å². The fourth-order valence-electron chi connectivity index (χ4n) is 1.35. The van der Waals surface area contributed by atoms with E-state index in [2.05, 4.69) is 0 Å². The van der Waals surface area contributed by atoms with Crippen LogP contribution in [0.25, 0.3) is 0 Å². The molecule has 16 heavy (non-hydrogen) atoms. The van der Waals surface area contributed by atoms with E-state index >= 15 is 0 Å². The lowest BCUT2D eigenvalue weighted by atomic mass is 10.2. The van der Waals surface area contributed by atoms with E-state index in [1.807, 2.05) is 30.3 Å². The number of carbonyl (C=O) groups excluding carboxylic acids is 1. The van der Waals surface area contributed by atoms with E-state index in [1.54, 1.807) is 0 Å². The van der Waals surface area contributed by atoms with Crippen molar-refractivity contribution < 1.29 is 14.3 Å². The molecule has 0 saturated heterocycles. The van der Waals surface area contributed by atoms with E-state index in [0.29, 0.717) is 25.7 Å². The summed E-state index contributed by atoms with van der Waals surface area (Å²) >= 11 is 0. The number of carbonyl (C=O) groups is 1. The van der Waals surface area contributed by atoms with Crippen LogP contribution in [0, 0.1) is 0 Å². The van der Waals surface area contributed by atoms with Gasteiger partial charge >= 0.3 is 5.97 Å². The second-order valence-electron chi connectivity index (χ2n) is 3.97. The van der Waals surface area contributed by atoms with Crippen LogP contribution in [0.2, 0.25) is 0 Å². The molecule has 0 atom stereocenters. The first-order valence-electron chi connectivity index (χ1n) is 5.66. The van der Waals surface area contributed by atoms with Crippen molar-refractivity contribution >= 4 is 5.97 Å². The van der Waals surface area contributed by atoms with E-state index in [9.17, 15) is 4.79 Å². The monoisotopic (exact) mass is 220 g/mol. The smallest absolute Gasteiger partial charge is 0.308 e. The Morgan fingerprint density at radius 1 is 1.25 bits per heavy atom. The highest BCUT2D eigenvalue weighted by Crippen LogP contribution is 2.23. The normalized spacial score (nSPS) is 14.8. The zero-order chi connectivity index (χ0) is 11.2. The predicted molar refractivity (Wildman–Crippen MR) is 59.8 cm³/mol. The van der Waals surface area contributed by atoms with Crippen LogP contribution < -0.4 is 0 Å². The minimum atomic E-state index is -0.190. The van der Waals surface area contributed by atoms with Gasteiger partial charge in [-0.25, -0.2) is 0 Å². The molecule has 0 bridgehead atoms. The van der Waals surface area contributed by atoms with Crippen molar-refractivity contribution in [3.05, 3.63) is 35.9 Å². The van der Waals surface area contributed by atoms with Crippen molar-refractivity contribution in [3.8, 4) is 0 Å². The molecule has 1 aliphatic carbocycles. The maximum Gasteiger partial charge on any atom is 0.308 e. The van der Waals surface area contributed by atoms with Crippen molar-refractivity contribution in [2.75, 3.05) is 6.61 Å². The number of ether oxygens (including phenoxy) is 2. The van der Waals surface area contributed by atoms with Crippen LogP contribution in [0.1, 0.15) is 24.8 Å². The van der Waals surface area contributed by atoms with Crippen molar-refractivity contribution in [1.82, 2.24) is 0 Å². The summed E-state index contributed by atoms with van der Waals surface area (Å²) in [6, 6.07) is 9.68. The molecule has 0 aromatic heterocycles. The number of rotatable bonds is 6. The van der Waals surface area contributed by atoms with Crippen molar-refractivity contribution in [1.29, 1.82) is 0 Å². The summed E-state index contributed by atoms with van der Waals surface area (Å²) in [5.41, 5.74) is 1.01. The van der Waals surface area contributed by atoms with Gasteiger partial charge in [-0.3, -0.25) is 4.79 Å². The molecule has 1 aromatic rings. The van der Waals surface area contributed by atoms with Gasteiger partial charge in [-0.2, -0.15) is 0 Å². The lowest BCUT2D eigenvalue weighted by Gasteiger charge is -2.05. The first kappa shape index (κ1) is 11.1. The predicted octanol–water partition coefficient (Wildman–Crippen LogP) is 2.30. The maximum absolute atomic E-state index is 11.3. The summed E-state index contributed by atoms with van der Waals surface area (Å²) in [6.07, 6.45) is 3.03. The van der Waals surface area contributed by atoms with Crippen molar-refractivity contribution in [2.24, 2.45) is 0 Å². The third-order valence-corrected chi connectivity index (χ3v) is 2.43. The topological polar surface area (TPSA) is 35.5 Å². The van der Waals surface area contributed by atoms with Crippen LogP contribution in [0.5, 0.6) is 0 Å².